The molecule has 0 amide bonds. The van der Waals surface area contributed by atoms with Crippen molar-refractivity contribution in [1.82, 2.24) is 15.2 Å². The van der Waals surface area contributed by atoms with Crippen LogP contribution in [0.25, 0.3) is 0 Å². The Labute approximate surface area is 104 Å². The van der Waals surface area contributed by atoms with E-state index >= 15 is 0 Å². The molecule has 0 saturated heterocycles. The molecule has 0 spiro atoms. The highest BCUT2D eigenvalue weighted by molar-refractivity contribution is 5.40. The summed E-state index contributed by atoms with van der Waals surface area (Å²) in [6.45, 7) is 0. The highest BCUT2D eigenvalue weighted by Gasteiger charge is 2.19. The molecule has 0 saturated carbocycles. The SMILES string of the molecule is COc1ccc(F)cc1C(NN)c1ccn(C)n1. The molecule has 6 heteroatoms. The number of nitrogens with zero attached hydrogens (tertiary/aromatic N) is 2. The summed E-state index contributed by atoms with van der Waals surface area (Å²) in [4.78, 5) is 0. The fourth-order valence-electron chi connectivity index (χ4n) is 1.85. The van der Waals surface area contributed by atoms with Gasteiger partial charge in [0.2, 0.25) is 0 Å². The Hall–Kier alpha value is -1.92. The molecule has 1 heterocycles. The molecular weight excluding hydrogens is 235 g/mol. The van der Waals surface area contributed by atoms with Gasteiger partial charge in [-0.05, 0) is 24.3 Å². The van der Waals surface area contributed by atoms with Gasteiger partial charge < -0.3 is 4.74 Å². The molecule has 1 unspecified atom stereocenters. The minimum Gasteiger partial charge on any atom is -0.496 e. The average Bonchev–Trinajstić information content (AvgIpc) is 2.77. The Bertz CT molecular complexity index is 541. The van der Waals surface area contributed by atoms with Crippen LogP contribution < -0.4 is 16.0 Å². The molecule has 1 aromatic carbocycles. The summed E-state index contributed by atoms with van der Waals surface area (Å²) >= 11 is 0. The fraction of sp³-hybridized carbons (Fsp3) is 0.250. The lowest BCUT2D eigenvalue weighted by molar-refractivity contribution is 0.402. The van der Waals surface area contributed by atoms with E-state index in [-0.39, 0.29) is 5.82 Å². The zero-order valence-electron chi connectivity index (χ0n) is 10.2. The van der Waals surface area contributed by atoms with E-state index < -0.39 is 6.04 Å². The van der Waals surface area contributed by atoms with Gasteiger partial charge in [-0.25, -0.2) is 9.82 Å². The van der Waals surface area contributed by atoms with Crippen molar-refractivity contribution in [2.24, 2.45) is 12.9 Å². The highest BCUT2D eigenvalue weighted by atomic mass is 19.1. The number of ether oxygens (including phenoxy) is 1. The molecule has 2 aromatic rings. The van der Waals surface area contributed by atoms with Crippen molar-refractivity contribution >= 4 is 0 Å². The van der Waals surface area contributed by atoms with Gasteiger partial charge in [0, 0.05) is 18.8 Å². The molecule has 1 aromatic heterocycles. The Kier molecular flexibility index (Phi) is 3.59. The second kappa shape index (κ2) is 5.16. The van der Waals surface area contributed by atoms with Gasteiger partial charge in [-0.15, -0.1) is 0 Å². The monoisotopic (exact) mass is 250 g/mol. The van der Waals surface area contributed by atoms with Gasteiger partial charge in [0.15, 0.2) is 0 Å². The number of aromatic nitrogens is 2. The fourth-order valence-corrected chi connectivity index (χ4v) is 1.85. The van der Waals surface area contributed by atoms with Crippen molar-refractivity contribution in [3.05, 3.63) is 47.5 Å². The van der Waals surface area contributed by atoms with E-state index in [4.69, 9.17) is 10.6 Å². The van der Waals surface area contributed by atoms with E-state index in [1.807, 2.05) is 6.07 Å². The zero-order chi connectivity index (χ0) is 13.1. The summed E-state index contributed by atoms with van der Waals surface area (Å²) in [6, 6.07) is 5.69. The maximum Gasteiger partial charge on any atom is 0.124 e. The molecule has 0 fully saturated rings. The van der Waals surface area contributed by atoms with Crippen LogP contribution in [0.3, 0.4) is 0 Å². The number of hydrogen-bond acceptors (Lipinski definition) is 4. The van der Waals surface area contributed by atoms with Gasteiger partial charge in [0.1, 0.15) is 11.6 Å². The van der Waals surface area contributed by atoms with Crippen LogP contribution in [0.1, 0.15) is 17.3 Å². The van der Waals surface area contributed by atoms with Crippen molar-refractivity contribution in [3.63, 3.8) is 0 Å². The molecule has 3 N–H and O–H groups in total. The average molecular weight is 250 g/mol. The van der Waals surface area contributed by atoms with Crippen LogP contribution in [0.15, 0.2) is 30.5 Å². The number of nitrogens with one attached hydrogen (secondary N) is 1. The van der Waals surface area contributed by atoms with Crippen LogP contribution in [0.2, 0.25) is 0 Å². The Morgan fingerprint density at radius 3 is 2.78 bits per heavy atom. The molecule has 0 aliphatic heterocycles. The molecular formula is C12H15FN4O. The second-order valence-electron chi connectivity index (χ2n) is 3.90. The van der Waals surface area contributed by atoms with E-state index in [1.165, 1.54) is 19.2 Å². The normalized spacial score (nSPS) is 12.4. The molecule has 0 bridgehead atoms. The third-order valence-electron chi connectivity index (χ3n) is 2.70. The summed E-state index contributed by atoms with van der Waals surface area (Å²) in [5.74, 6) is 5.76. The Balaban J connectivity index is 2.47. The number of hydrogen-bond donors (Lipinski definition) is 2. The largest absolute Gasteiger partial charge is 0.496 e. The topological polar surface area (TPSA) is 65.1 Å². The summed E-state index contributed by atoms with van der Waals surface area (Å²) in [5, 5.41) is 4.26. The molecule has 5 nitrogen and oxygen atoms in total. The lowest BCUT2D eigenvalue weighted by Crippen LogP contribution is -2.29. The van der Waals surface area contributed by atoms with Crippen molar-refractivity contribution in [2.75, 3.05) is 7.11 Å². The molecule has 0 aliphatic rings. The number of rotatable bonds is 4. The molecule has 0 aliphatic carbocycles. The molecule has 96 valence electrons. The summed E-state index contributed by atoms with van der Waals surface area (Å²) in [5.41, 5.74) is 3.94. The summed E-state index contributed by atoms with van der Waals surface area (Å²) < 4.78 is 20.2. The van der Waals surface area contributed by atoms with Gasteiger partial charge in [0.25, 0.3) is 0 Å². The Morgan fingerprint density at radius 2 is 2.22 bits per heavy atom. The van der Waals surface area contributed by atoms with Crippen LogP contribution in [-0.2, 0) is 7.05 Å². The first-order valence-electron chi connectivity index (χ1n) is 5.45. The number of hydrazine groups is 1. The lowest BCUT2D eigenvalue weighted by atomic mass is 10.0. The van der Waals surface area contributed by atoms with Crippen molar-refractivity contribution in [1.29, 1.82) is 0 Å². The van der Waals surface area contributed by atoms with Crippen LogP contribution >= 0.6 is 0 Å². The van der Waals surface area contributed by atoms with Gasteiger partial charge in [-0.2, -0.15) is 5.10 Å². The van der Waals surface area contributed by atoms with E-state index in [9.17, 15) is 4.39 Å². The molecule has 18 heavy (non-hydrogen) atoms. The van der Waals surface area contributed by atoms with Crippen molar-refractivity contribution in [3.8, 4) is 5.75 Å². The number of halogens is 1. The predicted molar refractivity (Wildman–Crippen MR) is 65.3 cm³/mol. The van der Waals surface area contributed by atoms with Gasteiger partial charge in [-0.1, -0.05) is 0 Å². The summed E-state index contributed by atoms with van der Waals surface area (Å²) in [7, 11) is 3.34. The first-order valence-corrected chi connectivity index (χ1v) is 5.45. The van der Waals surface area contributed by atoms with Gasteiger partial charge in [-0.3, -0.25) is 10.5 Å². The first kappa shape index (κ1) is 12.5. The molecule has 1 atom stereocenters. The molecule has 0 radical (unpaired) electrons. The van der Waals surface area contributed by atoms with E-state index in [0.29, 0.717) is 17.0 Å². The smallest absolute Gasteiger partial charge is 0.124 e. The Morgan fingerprint density at radius 1 is 1.44 bits per heavy atom. The third kappa shape index (κ3) is 2.34. The van der Waals surface area contributed by atoms with E-state index in [1.54, 1.807) is 24.0 Å². The van der Waals surface area contributed by atoms with Crippen LogP contribution in [-0.4, -0.2) is 16.9 Å². The quantitative estimate of drug-likeness (QED) is 0.630. The van der Waals surface area contributed by atoms with E-state index in [0.717, 1.165) is 0 Å². The first-order chi connectivity index (χ1) is 8.65. The second-order valence-corrected chi connectivity index (χ2v) is 3.90. The van der Waals surface area contributed by atoms with Crippen LogP contribution in [0.4, 0.5) is 4.39 Å². The van der Waals surface area contributed by atoms with Gasteiger partial charge >= 0.3 is 0 Å². The number of aryl methyl sites for hydroxylation is 1. The van der Waals surface area contributed by atoms with Crippen molar-refractivity contribution < 1.29 is 9.13 Å². The van der Waals surface area contributed by atoms with Gasteiger partial charge in [0.05, 0.1) is 18.8 Å². The maximum atomic E-state index is 13.4. The van der Waals surface area contributed by atoms with Crippen LogP contribution in [0.5, 0.6) is 5.75 Å². The van der Waals surface area contributed by atoms with Crippen molar-refractivity contribution in [2.45, 2.75) is 6.04 Å². The predicted octanol–water partition coefficient (Wildman–Crippen LogP) is 1.12. The minimum absolute atomic E-state index is 0.345. The highest BCUT2D eigenvalue weighted by Crippen LogP contribution is 2.29. The summed E-state index contributed by atoms with van der Waals surface area (Å²) in [6.07, 6.45) is 1.80. The number of benzene rings is 1. The molecule has 2 rings (SSSR count). The number of nitrogens with two attached hydrogens (primary N) is 1. The number of methoxy groups -OCH3 is 1. The standard InChI is InChI=1S/C12H15FN4O/c1-17-6-5-10(16-17)12(15-14)9-7-8(13)3-4-11(9)18-2/h3-7,12,15H,14H2,1-2H3. The zero-order valence-corrected chi connectivity index (χ0v) is 10.2. The lowest BCUT2D eigenvalue weighted by Gasteiger charge is -2.17. The minimum atomic E-state index is -0.420. The maximum absolute atomic E-state index is 13.4. The van der Waals surface area contributed by atoms with Crippen LogP contribution in [0, 0.1) is 5.82 Å². The third-order valence-corrected chi connectivity index (χ3v) is 2.70. The van der Waals surface area contributed by atoms with E-state index in [2.05, 4.69) is 10.5 Å².